The molecule has 0 saturated carbocycles. The topological polar surface area (TPSA) is 78.6 Å². The van der Waals surface area contributed by atoms with Crippen molar-refractivity contribution in [3.8, 4) is 0 Å². The Morgan fingerprint density at radius 2 is 1.86 bits per heavy atom. The maximum absolute atomic E-state index is 13.0. The lowest BCUT2D eigenvalue weighted by atomic mass is 10.1. The number of nitrogens with zero attached hydrogens (tertiary/aromatic N) is 6. The molecule has 0 radical (unpaired) electrons. The molecule has 1 amide bonds. The average molecular weight is 405 g/mol. The number of hydrogen-bond acceptors (Lipinski definition) is 7. The van der Waals surface area contributed by atoms with Gasteiger partial charge in [-0.25, -0.2) is 9.97 Å². The molecule has 0 atom stereocenters. The first-order valence-electron chi connectivity index (χ1n) is 9.74. The van der Waals surface area contributed by atoms with Crippen LogP contribution in [0.25, 0.3) is 0 Å². The molecule has 4 heterocycles. The molecule has 2 aliphatic rings. The quantitative estimate of drug-likeness (QED) is 0.773. The third-order valence-electron chi connectivity index (χ3n) is 5.55. The van der Waals surface area contributed by atoms with Gasteiger partial charge in [0.1, 0.15) is 5.76 Å². The number of carbonyl (C=O) groups is 1. The van der Waals surface area contributed by atoms with Gasteiger partial charge in [0, 0.05) is 51.4 Å². The highest BCUT2D eigenvalue weighted by molar-refractivity contribution is 6.33. The fraction of sp³-hybridized carbons (Fsp3) is 0.579. The van der Waals surface area contributed by atoms with Gasteiger partial charge < -0.3 is 14.3 Å². The summed E-state index contributed by atoms with van der Waals surface area (Å²) in [6.07, 6.45) is 3.80. The molecule has 150 valence electrons. The summed E-state index contributed by atoms with van der Waals surface area (Å²) in [6, 6.07) is 0. The molecule has 2 aromatic rings. The number of carbonyl (C=O) groups excluding carboxylic acids is 1. The summed E-state index contributed by atoms with van der Waals surface area (Å²) < 4.78 is 5.25. The minimum atomic E-state index is -0.121. The van der Waals surface area contributed by atoms with Crippen molar-refractivity contribution < 1.29 is 9.32 Å². The summed E-state index contributed by atoms with van der Waals surface area (Å²) in [5.41, 5.74) is 2.37. The first kappa shape index (κ1) is 19.1. The largest absolute Gasteiger partial charge is 0.361 e. The van der Waals surface area contributed by atoms with Gasteiger partial charge in [-0.1, -0.05) is 16.8 Å². The van der Waals surface area contributed by atoms with Gasteiger partial charge in [-0.05, 0) is 26.7 Å². The van der Waals surface area contributed by atoms with Gasteiger partial charge in [0.25, 0.3) is 5.91 Å². The monoisotopic (exact) mass is 404 g/mol. The molecule has 4 rings (SSSR count). The number of rotatable bonds is 4. The van der Waals surface area contributed by atoms with E-state index in [1.54, 1.807) is 6.20 Å². The summed E-state index contributed by atoms with van der Waals surface area (Å²) in [4.78, 5) is 28.1. The first-order chi connectivity index (χ1) is 13.5. The predicted molar refractivity (Wildman–Crippen MR) is 106 cm³/mol. The molecule has 0 aliphatic carbocycles. The van der Waals surface area contributed by atoms with Crippen molar-refractivity contribution >= 4 is 23.5 Å². The van der Waals surface area contributed by atoms with E-state index >= 15 is 0 Å². The highest BCUT2D eigenvalue weighted by Gasteiger charge is 2.27. The van der Waals surface area contributed by atoms with Gasteiger partial charge in [0.15, 0.2) is 5.69 Å². The molecule has 0 bridgehead atoms. The Hall–Kier alpha value is -2.19. The number of piperazine rings is 1. The van der Waals surface area contributed by atoms with Crippen LogP contribution >= 0.6 is 11.6 Å². The Kier molecular flexibility index (Phi) is 5.50. The van der Waals surface area contributed by atoms with Crippen molar-refractivity contribution in [3.63, 3.8) is 0 Å². The fourth-order valence-electron chi connectivity index (χ4n) is 3.79. The maximum atomic E-state index is 13.0. The molecule has 2 aliphatic heterocycles. The molecule has 2 fully saturated rings. The second-order valence-electron chi connectivity index (χ2n) is 7.43. The Balaban J connectivity index is 1.40. The van der Waals surface area contributed by atoms with Gasteiger partial charge in [0.2, 0.25) is 5.95 Å². The summed E-state index contributed by atoms with van der Waals surface area (Å²) in [6.45, 7) is 9.39. The van der Waals surface area contributed by atoms with Crippen LogP contribution in [0, 0.1) is 13.8 Å². The highest BCUT2D eigenvalue weighted by Crippen LogP contribution is 2.22. The van der Waals surface area contributed by atoms with E-state index < -0.39 is 0 Å². The maximum Gasteiger partial charge on any atom is 0.274 e. The van der Waals surface area contributed by atoms with Crippen molar-refractivity contribution in [2.45, 2.75) is 33.2 Å². The molecule has 9 heteroatoms. The van der Waals surface area contributed by atoms with E-state index in [4.69, 9.17) is 16.1 Å². The lowest BCUT2D eigenvalue weighted by Crippen LogP contribution is -2.48. The fourth-order valence-corrected chi connectivity index (χ4v) is 3.96. The molecule has 0 spiro atoms. The van der Waals surface area contributed by atoms with E-state index in [-0.39, 0.29) is 5.91 Å². The first-order valence-corrected chi connectivity index (χ1v) is 10.1. The van der Waals surface area contributed by atoms with E-state index in [0.29, 0.717) is 29.8 Å². The van der Waals surface area contributed by atoms with Crippen molar-refractivity contribution in [2.24, 2.45) is 0 Å². The lowest BCUT2D eigenvalue weighted by molar-refractivity contribution is 0.0622. The molecule has 0 aromatic carbocycles. The van der Waals surface area contributed by atoms with Crippen LogP contribution < -0.4 is 4.90 Å². The Morgan fingerprint density at radius 3 is 2.50 bits per heavy atom. The van der Waals surface area contributed by atoms with Gasteiger partial charge >= 0.3 is 0 Å². The number of hydrogen-bond donors (Lipinski definition) is 0. The van der Waals surface area contributed by atoms with E-state index in [9.17, 15) is 4.79 Å². The zero-order chi connectivity index (χ0) is 19.7. The van der Waals surface area contributed by atoms with E-state index in [0.717, 1.165) is 62.6 Å². The number of anilines is 1. The smallest absolute Gasteiger partial charge is 0.274 e. The van der Waals surface area contributed by atoms with Crippen LogP contribution in [-0.2, 0) is 6.54 Å². The van der Waals surface area contributed by atoms with Crippen molar-refractivity contribution in [3.05, 3.63) is 33.9 Å². The molecule has 2 saturated heterocycles. The predicted octanol–water partition coefficient (Wildman–Crippen LogP) is 2.29. The van der Waals surface area contributed by atoms with E-state index in [1.165, 1.54) is 0 Å². The SMILES string of the molecule is Cc1noc(C)c1CN1CCN(C(=O)c2nc(N3CCCC3)ncc2Cl)CC1. The second kappa shape index (κ2) is 8.05. The number of aromatic nitrogens is 3. The lowest BCUT2D eigenvalue weighted by Gasteiger charge is -2.34. The Bertz CT molecular complexity index is 837. The zero-order valence-electron chi connectivity index (χ0n) is 16.3. The van der Waals surface area contributed by atoms with Crippen LogP contribution in [0.15, 0.2) is 10.7 Å². The van der Waals surface area contributed by atoms with Gasteiger partial charge in [-0.15, -0.1) is 0 Å². The third kappa shape index (κ3) is 3.84. The number of aryl methyl sites for hydroxylation is 2. The van der Waals surface area contributed by atoms with E-state index in [1.807, 2.05) is 18.7 Å². The van der Waals surface area contributed by atoms with Crippen LogP contribution in [0.2, 0.25) is 5.02 Å². The molecule has 8 nitrogen and oxygen atoms in total. The van der Waals surface area contributed by atoms with Crippen molar-refractivity contribution in [2.75, 3.05) is 44.2 Å². The molecular formula is C19H25ClN6O2. The van der Waals surface area contributed by atoms with Crippen molar-refractivity contribution in [1.82, 2.24) is 24.9 Å². The summed E-state index contributed by atoms with van der Waals surface area (Å²) in [7, 11) is 0. The van der Waals surface area contributed by atoms with Crippen LogP contribution in [0.4, 0.5) is 5.95 Å². The summed E-state index contributed by atoms with van der Waals surface area (Å²) in [5, 5.41) is 4.33. The molecule has 0 N–H and O–H groups in total. The van der Waals surface area contributed by atoms with Crippen LogP contribution in [-0.4, -0.2) is 70.1 Å². The summed E-state index contributed by atoms with van der Waals surface area (Å²) in [5.74, 6) is 1.34. The zero-order valence-corrected chi connectivity index (χ0v) is 17.1. The van der Waals surface area contributed by atoms with Crippen molar-refractivity contribution in [1.29, 1.82) is 0 Å². The van der Waals surface area contributed by atoms with Crippen LogP contribution in [0.5, 0.6) is 0 Å². The van der Waals surface area contributed by atoms with Gasteiger partial charge in [0.05, 0.1) is 16.9 Å². The molecular weight excluding hydrogens is 380 g/mol. The van der Waals surface area contributed by atoms with Crippen LogP contribution in [0.1, 0.15) is 40.3 Å². The van der Waals surface area contributed by atoms with E-state index in [2.05, 4.69) is 24.9 Å². The number of amides is 1. The Morgan fingerprint density at radius 1 is 1.14 bits per heavy atom. The minimum Gasteiger partial charge on any atom is -0.361 e. The van der Waals surface area contributed by atoms with Gasteiger partial charge in [-0.2, -0.15) is 0 Å². The summed E-state index contributed by atoms with van der Waals surface area (Å²) >= 11 is 6.26. The average Bonchev–Trinajstić information content (AvgIpc) is 3.35. The third-order valence-corrected chi connectivity index (χ3v) is 5.82. The van der Waals surface area contributed by atoms with Gasteiger partial charge in [-0.3, -0.25) is 9.69 Å². The molecule has 0 unspecified atom stereocenters. The minimum absolute atomic E-state index is 0.121. The standard InChI is InChI=1S/C19H25ClN6O2/c1-13-15(14(2)28-23-13)12-24-7-9-25(10-8-24)18(27)17-16(20)11-21-19(22-17)26-5-3-4-6-26/h11H,3-10,12H2,1-2H3. The second-order valence-corrected chi connectivity index (χ2v) is 7.84. The molecule has 2 aromatic heterocycles. The van der Waals surface area contributed by atoms with Crippen LogP contribution in [0.3, 0.4) is 0 Å². The number of halogens is 1. The highest BCUT2D eigenvalue weighted by atomic mass is 35.5. The molecule has 28 heavy (non-hydrogen) atoms. The normalized spacial score (nSPS) is 18.1. The Labute approximate surface area is 169 Å².